The Labute approximate surface area is 214 Å². The lowest BCUT2D eigenvalue weighted by Crippen LogP contribution is -2.15. The third kappa shape index (κ3) is 6.55. The lowest BCUT2D eigenvalue weighted by atomic mass is 9.99. The summed E-state index contributed by atoms with van der Waals surface area (Å²) in [6.45, 7) is 7.90. The fourth-order valence-electron chi connectivity index (χ4n) is 3.90. The van der Waals surface area contributed by atoms with Gasteiger partial charge in [-0.15, -0.1) is 6.58 Å². The molecule has 178 valence electrons. The summed E-state index contributed by atoms with van der Waals surface area (Å²) >= 11 is 0. The quantitative estimate of drug-likeness (QED) is 0.145. The number of benzene rings is 3. The fraction of sp³-hybridized carbons (Fsp3) is 0.0909. The van der Waals surface area contributed by atoms with Gasteiger partial charge in [0.25, 0.3) is 0 Å². The zero-order valence-corrected chi connectivity index (χ0v) is 20.4. The summed E-state index contributed by atoms with van der Waals surface area (Å²) in [7, 11) is 0. The maximum Gasteiger partial charge on any atom is 0.121 e. The minimum Gasteiger partial charge on any atom is -0.384 e. The SMILES string of the molecule is C=CCCC(=C)C(N)=NC(/C=C/c1ccc(-c2cccnc2)cc1)c1ccc(-c2ccccc2)cc1. The number of hydrogen-bond acceptors (Lipinski definition) is 2. The van der Waals surface area contributed by atoms with Gasteiger partial charge in [-0.3, -0.25) is 9.98 Å². The second kappa shape index (κ2) is 12.3. The molecule has 0 saturated carbocycles. The highest BCUT2D eigenvalue weighted by Gasteiger charge is 2.10. The second-order valence-electron chi connectivity index (χ2n) is 8.60. The van der Waals surface area contributed by atoms with E-state index in [4.69, 9.17) is 10.7 Å². The molecule has 1 heterocycles. The highest BCUT2D eigenvalue weighted by molar-refractivity contribution is 5.96. The van der Waals surface area contributed by atoms with E-state index in [-0.39, 0.29) is 6.04 Å². The predicted molar refractivity (Wildman–Crippen MR) is 154 cm³/mol. The van der Waals surface area contributed by atoms with E-state index in [1.165, 1.54) is 11.1 Å². The van der Waals surface area contributed by atoms with Crippen LogP contribution < -0.4 is 5.73 Å². The van der Waals surface area contributed by atoms with Gasteiger partial charge in [-0.25, -0.2) is 0 Å². The first-order valence-corrected chi connectivity index (χ1v) is 12.1. The number of nitrogens with zero attached hydrogens (tertiary/aromatic N) is 2. The normalized spacial score (nSPS) is 12.4. The van der Waals surface area contributed by atoms with Crippen LogP contribution in [0.25, 0.3) is 28.3 Å². The number of pyridine rings is 1. The molecule has 0 aliphatic rings. The molecule has 0 aliphatic heterocycles. The van der Waals surface area contributed by atoms with Crippen molar-refractivity contribution in [3.63, 3.8) is 0 Å². The van der Waals surface area contributed by atoms with Crippen LogP contribution >= 0.6 is 0 Å². The molecular formula is C33H31N3. The van der Waals surface area contributed by atoms with Crippen LogP contribution in [-0.4, -0.2) is 10.8 Å². The number of hydrogen-bond donors (Lipinski definition) is 1. The highest BCUT2D eigenvalue weighted by atomic mass is 14.9. The van der Waals surface area contributed by atoms with Gasteiger partial charge in [0.15, 0.2) is 0 Å². The number of amidine groups is 1. The molecule has 0 radical (unpaired) electrons. The molecule has 0 bridgehead atoms. The molecule has 3 aromatic carbocycles. The van der Waals surface area contributed by atoms with E-state index in [9.17, 15) is 0 Å². The Morgan fingerprint density at radius 1 is 0.833 bits per heavy atom. The Morgan fingerprint density at radius 3 is 2.14 bits per heavy atom. The Kier molecular flexibility index (Phi) is 8.39. The first kappa shape index (κ1) is 24.6. The van der Waals surface area contributed by atoms with Crippen LogP contribution in [0.4, 0.5) is 0 Å². The molecule has 1 atom stereocenters. The van der Waals surface area contributed by atoms with Crippen molar-refractivity contribution in [1.29, 1.82) is 0 Å². The largest absolute Gasteiger partial charge is 0.384 e. The van der Waals surface area contributed by atoms with E-state index >= 15 is 0 Å². The number of aromatic nitrogens is 1. The number of aliphatic imine (C=N–C) groups is 1. The number of nitrogens with two attached hydrogens (primary N) is 1. The Morgan fingerprint density at radius 2 is 1.47 bits per heavy atom. The first-order valence-electron chi connectivity index (χ1n) is 12.1. The topological polar surface area (TPSA) is 51.3 Å². The van der Waals surface area contributed by atoms with Gasteiger partial charge < -0.3 is 5.73 Å². The minimum absolute atomic E-state index is 0.228. The third-order valence-electron chi connectivity index (χ3n) is 6.03. The van der Waals surface area contributed by atoms with Crippen LogP contribution in [0.1, 0.15) is 30.0 Å². The van der Waals surface area contributed by atoms with Crippen molar-refractivity contribution in [2.75, 3.05) is 0 Å². The van der Waals surface area contributed by atoms with Crippen molar-refractivity contribution < 1.29 is 0 Å². The Hall–Kier alpha value is -4.50. The second-order valence-corrected chi connectivity index (χ2v) is 8.60. The van der Waals surface area contributed by atoms with Gasteiger partial charge >= 0.3 is 0 Å². The van der Waals surface area contributed by atoms with E-state index in [0.29, 0.717) is 5.84 Å². The maximum atomic E-state index is 6.35. The number of rotatable bonds is 10. The fourth-order valence-corrected chi connectivity index (χ4v) is 3.90. The molecule has 0 spiro atoms. The van der Waals surface area contributed by atoms with Gasteiger partial charge in [0.05, 0.1) is 6.04 Å². The van der Waals surface area contributed by atoms with Crippen LogP contribution in [0.5, 0.6) is 0 Å². The van der Waals surface area contributed by atoms with Crippen molar-refractivity contribution in [3.8, 4) is 22.3 Å². The lowest BCUT2D eigenvalue weighted by molar-refractivity contribution is 0.906. The number of allylic oxidation sites excluding steroid dienone is 1. The molecule has 4 aromatic rings. The molecule has 3 heteroatoms. The summed E-state index contributed by atoms with van der Waals surface area (Å²) in [6.07, 6.45) is 11.3. The average molecular weight is 470 g/mol. The predicted octanol–water partition coefficient (Wildman–Crippen LogP) is 8.05. The van der Waals surface area contributed by atoms with Crippen molar-refractivity contribution in [2.24, 2.45) is 10.7 Å². The molecule has 3 nitrogen and oxygen atoms in total. The summed E-state index contributed by atoms with van der Waals surface area (Å²) in [4.78, 5) is 9.06. The molecule has 0 saturated heterocycles. The lowest BCUT2D eigenvalue weighted by Gasteiger charge is -2.13. The van der Waals surface area contributed by atoms with E-state index < -0.39 is 0 Å². The van der Waals surface area contributed by atoms with Crippen LogP contribution in [0.2, 0.25) is 0 Å². The van der Waals surface area contributed by atoms with E-state index in [1.807, 2.05) is 36.5 Å². The minimum atomic E-state index is -0.228. The van der Waals surface area contributed by atoms with Crippen LogP contribution in [0, 0.1) is 0 Å². The zero-order valence-electron chi connectivity index (χ0n) is 20.4. The molecule has 1 unspecified atom stereocenters. The van der Waals surface area contributed by atoms with Crippen molar-refractivity contribution >= 4 is 11.9 Å². The van der Waals surface area contributed by atoms with Gasteiger partial charge in [-0.1, -0.05) is 110 Å². The standard InChI is InChI=1S/C33H31N3/c1-3-4-9-25(2)33(34)36-32(30-20-18-28(19-21-30)27-10-6-5-7-11-27)22-15-26-13-16-29(17-14-26)31-12-8-23-35-24-31/h3,5-8,10-24,32H,1-2,4,9H2,(H2,34,36)/b22-15+. The zero-order chi connectivity index (χ0) is 25.2. The molecule has 0 amide bonds. The van der Waals surface area contributed by atoms with Crippen molar-refractivity contribution in [2.45, 2.75) is 18.9 Å². The monoisotopic (exact) mass is 469 g/mol. The molecule has 0 fully saturated rings. The molecular weight excluding hydrogens is 438 g/mol. The average Bonchev–Trinajstić information content (AvgIpc) is 2.95. The first-order chi connectivity index (χ1) is 17.6. The van der Waals surface area contributed by atoms with Gasteiger partial charge in [0, 0.05) is 12.4 Å². The van der Waals surface area contributed by atoms with Crippen LogP contribution in [0.15, 0.2) is 139 Å². The van der Waals surface area contributed by atoms with Crippen LogP contribution in [-0.2, 0) is 0 Å². The van der Waals surface area contributed by atoms with E-state index in [2.05, 4.69) is 97.0 Å². The summed E-state index contributed by atoms with van der Waals surface area (Å²) in [5.74, 6) is 0.477. The van der Waals surface area contributed by atoms with Crippen LogP contribution in [0.3, 0.4) is 0 Å². The smallest absolute Gasteiger partial charge is 0.121 e. The third-order valence-corrected chi connectivity index (χ3v) is 6.03. The van der Waals surface area contributed by atoms with Gasteiger partial charge in [0.2, 0.25) is 0 Å². The summed E-state index contributed by atoms with van der Waals surface area (Å²) in [5.41, 5.74) is 13.9. The Balaban J connectivity index is 1.60. The summed E-state index contributed by atoms with van der Waals surface area (Å²) in [6, 6.07) is 31.0. The molecule has 1 aromatic heterocycles. The van der Waals surface area contributed by atoms with Gasteiger partial charge in [-0.2, -0.15) is 0 Å². The summed E-state index contributed by atoms with van der Waals surface area (Å²) < 4.78 is 0. The molecule has 0 aliphatic carbocycles. The maximum absolute atomic E-state index is 6.35. The van der Waals surface area contributed by atoms with Crippen molar-refractivity contribution in [3.05, 3.63) is 145 Å². The van der Waals surface area contributed by atoms with E-state index in [1.54, 1.807) is 6.20 Å². The molecule has 36 heavy (non-hydrogen) atoms. The highest BCUT2D eigenvalue weighted by Crippen LogP contribution is 2.26. The Bertz CT molecular complexity index is 1330. The molecule has 2 N–H and O–H groups in total. The van der Waals surface area contributed by atoms with Gasteiger partial charge in [-0.05, 0) is 57.9 Å². The molecule has 4 rings (SSSR count). The van der Waals surface area contributed by atoms with Gasteiger partial charge in [0.1, 0.15) is 5.84 Å². The van der Waals surface area contributed by atoms with E-state index in [0.717, 1.165) is 40.7 Å². The summed E-state index contributed by atoms with van der Waals surface area (Å²) in [5, 5.41) is 0. The van der Waals surface area contributed by atoms with Crippen molar-refractivity contribution in [1.82, 2.24) is 4.98 Å².